The van der Waals surface area contributed by atoms with Crippen LogP contribution >= 0.6 is 0 Å². The molecule has 0 aliphatic carbocycles. The predicted octanol–water partition coefficient (Wildman–Crippen LogP) is 1.63. The maximum absolute atomic E-state index is 9.95. The van der Waals surface area contributed by atoms with E-state index in [1.807, 2.05) is 38.1 Å². The van der Waals surface area contributed by atoms with Crippen molar-refractivity contribution in [1.29, 1.82) is 0 Å². The lowest BCUT2D eigenvalue weighted by molar-refractivity contribution is 0.0789. The molecule has 0 amide bonds. The number of aromatic nitrogens is 2. The van der Waals surface area contributed by atoms with Gasteiger partial charge in [-0.3, -0.25) is 4.90 Å². The van der Waals surface area contributed by atoms with Crippen LogP contribution < -0.4 is 0 Å². The molecule has 6 heteroatoms. The van der Waals surface area contributed by atoms with Crippen LogP contribution in [0.15, 0.2) is 28.8 Å². The van der Waals surface area contributed by atoms with Crippen molar-refractivity contribution >= 4 is 0 Å². The van der Waals surface area contributed by atoms with Crippen molar-refractivity contribution in [1.82, 2.24) is 15.0 Å². The van der Waals surface area contributed by atoms with Gasteiger partial charge in [0, 0.05) is 5.56 Å². The smallest absolute Gasteiger partial charge is 0.257 e. The van der Waals surface area contributed by atoms with Gasteiger partial charge in [-0.2, -0.15) is 4.98 Å². The predicted molar refractivity (Wildman–Crippen MR) is 81.2 cm³/mol. The molecule has 2 atom stereocenters. The fraction of sp³-hybridized carbons (Fsp3) is 0.500. The average Bonchev–Trinajstić information content (AvgIpc) is 3.15. The lowest BCUT2D eigenvalue weighted by atomic mass is 10.1. The molecule has 3 rings (SSSR count). The maximum atomic E-state index is 9.95. The molecule has 1 fully saturated rings. The van der Waals surface area contributed by atoms with E-state index in [2.05, 4.69) is 15.0 Å². The van der Waals surface area contributed by atoms with Crippen LogP contribution in [0.5, 0.6) is 0 Å². The second kappa shape index (κ2) is 6.56. The summed E-state index contributed by atoms with van der Waals surface area (Å²) in [4.78, 5) is 6.57. The van der Waals surface area contributed by atoms with Crippen LogP contribution in [-0.2, 0) is 11.3 Å². The van der Waals surface area contributed by atoms with E-state index in [9.17, 15) is 5.11 Å². The Morgan fingerprint density at radius 1 is 1.27 bits per heavy atom. The fourth-order valence-electron chi connectivity index (χ4n) is 2.66. The Hall–Kier alpha value is -1.76. The van der Waals surface area contributed by atoms with Crippen molar-refractivity contribution in [2.75, 3.05) is 19.8 Å². The molecule has 0 bridgehead atoms. The Balaban J connectivity index is 1.71. The number of benzene rings is 1. The third-order valence-corrected chi connectivity index (χ3v) is 4.01. The molecule has 0 saturated carbocycles. The SMILES string of the molecule is CCN(Cc1noc(-c2ccc(C)cc2)n1)[C@H]1COC[C@@H]1O. The van der Waals surface area contributed by atoms with E-state index in [1.165, 1.54) is 5.56 Å². The molecule has 1 aromatic carbocycles. The van der Waals surface area contributed by atoms with Crippen LogP contribution in [0, 0.1) is 6.92 Å². The highest BCUT2D eigenvalue weighted by atomic mass is 16.5. The number of rotatable bonds is 5. The third-order valence-electron chi connectivity index (χ3n) is 4.01. The number of hydrogen-bond acceptors (Lipinski definition) is 6. The van der Waals surface area contributed by atoms with Gasteiger partial charge in [0.25, 0.3) is 5.89 Å². The molecular weight excluding hydrogens is 282 g/mol. The zero-order valence-corrected chi connectivity index (χ0v) is 12.9. The Bertz CT molecular complexity index is 611. The van der Waals surface area contributed by atoms with Gasteiger partial charge in [0.2, 0.25) is 0 Å². The van der Waals surface area contributed by atoms with E-state index in [-0.39, 0.29) is 6.04 Å². The van der Waals surface area contributed by atoms with Crippen LogP contribution in [-0.4, -0.2) is 52.1 Å². The summed E-state index contributed by atoms with van der Waals surface area (Å²) in [7, 11) is 0. The standard InChI is InChI=1S/C16H21N3O3/c1-3-19(13-9-21-10-14(13)20)8-15-17-16(22-18-15)12-6-4-11(2)5-7-12/h4-7,13-14,20H,3,8-10H2,1-2H3/t13-,14-/m0/s1. The third kappa shape index (κ3) is 3.19. The zero-order chi connectivity index (χ0) is 15.5. The number of hydrogen-bond donors (Lipinski definition) is 1. The molecule has 118 valence electrons. The van der Waals surface area contributed by atoms with E-state index < -0.39 is 6.10 Å². The second-order valence-electron chi connectivity index (χ2n) is 5.62. The van der Waals surface area contributed by atoms with Gasteiger partial charge in [-0.1, -0.05) is 29.8 Å². The lowest BCUT2D eigenvalue weighted by Gasteiger charge is -2.26. The van der Waals surface area contributed by atoms with Crippen molar-refractivity contribution in [3.63, 3.8) is 0 Å². The first-order valence-corrected chi connectivity index (χ1v) is 7.57. The Labute approximate surface area is 129 Å². The first-order chi connectivity index (χ1) is 10.7. The van der Waals surface area contributed by atoms with Gasteiger partial charge in [0.05, 0.1) is 31.9 Å². The highest BCUT2D eigenvalue weighted by molar-refractivity contribution is 5.53. The largest absolute Gasteiger partial charge is 0.389 e. The molecule has 1 N–H and O–H groups in total. The zero-order valence-electron chi connectivity index (χ0n) is 12.9. The second-order valence-corrected chi connectivity index (χ2v) is 5.62. The summed E-state index contributed by atoms with van der Waals surface area (Å²) >= 11 is 0. The van der Waals surface area contributed by atoms with Crippen LogP contribution in [0.3, 0.4) is 0 Å². The average molecular weight is 303 g/mol. The number of nitrogens with zero attached hydrogens (tertiary/aromatic N) is 3. The first-order valence-electron chi connectivity index (χ1n) is 7.57. The minimum absolute atomic E-state index is 0.00803. The van der Waals surface area contributed by atoms with Gasteiger partial charge in [-0.25, -0.2) is 0 Å². The minimum Gasteiger partial charge on any atom is -0.389 e. The van der Waals surface area contributed by atoms with Crippen molar-refractivity contribution < 1.29 is 14.4 Å². The quantitative estimate of drug-likeness (QED) is 0.905. The number of aryl methyl sites for hydroxylation is 1. The van der Waals surface area contributed by atoms with Crippen molar-refractivity contribution in [2.45, 2.75) is 32.5 Å². The van der Waals surface area contributed by atoms with Gasteiger partial charge in [0.15, 0.2) is 5.82 Å². The van der Waals surface area contributed by atoms with E-state index >= 15 is 0 Å². The van der Waals surface area contributed by atoms with Crippen molar-refractivity contribution in [3.8, 4) is 11.5 Å². The highest BCUT2D eigenvalue weighted by Crippen LogP contribution is 2.19. The lowest BCUT2D eigenvalue weighted by Crippen LogP contribution is -2.42. The van der Waals surface area contributed by atoms with Crippen LogP contribution in [0.4, 0.5) is 0 Å². The molecule has 2 heterocycles. The molecule has 2 aromatic rings. The molecular formula is C16H21N3O3. The van der Waals surface area contributed by atoms with Crippen LogP contribution in [0.2, 0.25) is 0 Å². The topological polar surface area (TPSA) is 71.6 Å². The van der Waals surface area contributed by atoms with Gasteiger partial charge >= 0.3 is 0 Å². The van der Waals surface area contributed by atoms with Crippen molar-refractivity contribution in [2.24, 2.45) is 0 Å². The van der Waals surface area contributed by atoms with E-state index in [0.717, 1.165) is 12.1 Å². The number of aliphatic hydroxyl groups is 1. The molecule has 6 nitrogen and oxygen atoms in total. The molecule has 1 aliphatic rings. The Kier molecular flexibility index (Phi) is 4.52. The summed E-state index contributed by atoms with van der Waals surface area (Å²) in [5.41, 5.74) is 2.10. The molecule has 1 aromatic heterocycles. The Morgan fingerprint density at radius 3 is 2.68 bits per heavy atom. The van der Waals surface area contributed by atoms with Crippen LogP contribution in [0.1, 0.15) is 18.3 Å². The summed E-state index contributed by atoms with van der Waals surface area (Å²) in [5, 5.41) is 14.0. The van der Waals surface area contributed by atoms with E-state index in [1.54, 1.807) is 0 Å². The monoisotopic (exact) mass is 303 g/mol. The molecule has 0 unspecified atom stereocenters. The first kappa shape index (κ1) is 15.1. The van der Waals surface area contributed by atoms with Gasteiger partial charge in [-0.05, 0) is 25.6 Å². The summed E-state index contributed by atoms with van der Waals surface area (Å²) in [6.45, 7) is 6.35. The number of aliphatic hydroxyl groups excluding tert-OH is 1. The highest BCUT2D eigenvalue weighted by Gasteiger charge is 2.31. The number of ether oxygens (including phenoxy) is 1. The van der Waals surface area contributed by atoms with E-state index in [4.69, 9.17) is 9.26 Å². The van der Waals surface area contributed by atoms with Gasteiger partial charge in [0.1, 0.15) is 0 Å². The normalized spacial score (nSPS) is 21.6. The Morgan fingerprint density at radius 2 is 2.05 bits per heavy atom. The minimum atomic E-state index is -0.455. The number of likely N-dealkylation sites (N-methyl/N-ethyl adjacent to an activating group) is 1. The summed E-state index contributed by atoms with van der Waals surface area (Å²) in [6, 6.07) is 7.97. The van der Waals surface area contributed by atoms with Gasteiger partial charge < -0.3 is 14.4 Å². The molecule has 22 heavy (non-hydrogen) atoms. The van der Waals surface area contributed by atoms with Gasteiger partial charge in [-0.15, -0.1) is 0 Å². The summed E-state index contributed by atoms with van der Waals surface area (Å²) in [6.07, 6.45) is -0.455. The molecule has 1 saturated heterocycles. The molecule has 0 spiro atoms. The van der Waals surface area contributed by atoms with E-state index in [0.29, 0.717) is 31.5 Å². The molecule has 1 aliphatic heterocycles. The van der Waals surface area contributed by atoms with Crippen molar-refractivity contribution in [3.05, 3.63) is 35.7 Å². The van der Waals surface area contributed by atoms with Crippen LogP contribution in [0.25, 0.3) is 11.5 Å². The summed E-state index contributed by atoms with van der Waals surface area (Å²) < 4.78 is 10.7. The molecule has 0 radical (unpaired) electrons. The maximum Gasteiger partial charge on any atom is 0.257 e. The summed E-state index contributed by atoms with van der Waals surface area (Å²) in [5.74, 6) is 1.14. The fourth-order valence-corrected chi connectivity index (χ4v) is 2.66.